The van der Waals surface area contributed by atoms with Crippen LogP contribution in [0.4, 0.5) is 0 Å². The molecule has 0 aromatic heterocycles. The second kappa shape index (κ2) is 5.31. The monoisotopic (exact) mass is 210 g/mol. The predicted molar refractivity (Wildman–Crippen MR) is 64.8 cm³/mol. The van der Waals surface area contributed by atoms with Crippen LogP contribution in [0.1, 0.15) is 45.4 Å². The average molecular weight is 210 g/mol. The highest BCUT2D eigenvalue weighted by molar-refractivity contribution is 4.87. The van der Waals surface area contributed by atoms with Gasteiger partial charge in [-0.05, 0) is 57.2 Å². The molecule has 2 N–H and O–H groups in total. The van der Waals surface area contributed by atoms with Gasteiger partial charge in [0.2, 0.25) is 0 Å². The molecular weight excluding hydrogens is 184 g/mol. The van der Waals surface area contributed by atoms with Crippen LogP contribution in [-0.4, -0.2) is 30.6 Å². The number of likely N-dealkylation sites (tertiary alicyclic amines) is 1. The van der Waals surface area contributed by atoms with Crippen molar-refractivity contribution in [2.75, 3.05) is 19.6 Å². The van der Waals surface area contributed by atoms with E-state index in [-0.39, 0.29) is 0 Å². The predicted octanol–water partition coefficient (Wildman–Crippen LogP) is 2.24. The van der Waals surface area contributed by atoms with Crippen LogP contribution >= 0.6 is 0 Å². The fourth-order valence-corrected chi connectivity index (χ4v) is 3.39. The smallest absolute Gasteiger partial charge is 0.0138 e. The van der Waals surface area contributed by atoms with Gasteiger partial charge >= 0.3 is 0 Å². The minimum Gasteiger partial charge on any atom is -0.330 e. The minimum absolute atomic E-state index is 0.777. The van der Waals surface area contributed by atoms with Crippen molar-refractivity contribution in [3.05, 3.63) is 0 Å². The first-order valence-corrected chi connectivity index (χ1v) is 6.75. The van der Waals surface area contributed by atoms with Crippen LogP contribution in [0.3, 0.4) is 0 Å². The lowest BCUT2D eigenvalue weighted by atomic mass is 9.78. The number of nitrogens with zero attached hydrogens (tertiary/aromatic N) is 1. The standard InChI is InChI=1S/C13H26N2/c1-11-5-6-12(10-14)13(9-11)15-7-3-2-4-8-15/h11-13H,2-10,14H2,1H3. The zero-order chi connectivity index (χ0) is 10.7. The van der Waals surface area contributed by atoms with Crippen molar-refractivity contribution in [2.45, 2.75) is 51.5 Å². The van der Waals surface area contributed by atoms with E-state index in [0.717, 1.165) is 24.4 Å². The largest absolute Gasteiger partial charge is 0.330 e. The Labute approximate surface area is 94.2 Å². The lowest BCUT2D eigenvalue weighted by Gasteiger charge is -2.43. The Morgan fingerprint density at radius 2 is 1.87 bits per heavy atom. The summed E-state index contributed by atoms with van der Waals surface area (Å²) in [5.41, 5.74) is 5.92. The molecule has 0 aromatic rings. The molecule has 1 saturated carbocycles. The van der Waals surface area contributed by atoms with Gasteiger partial charge in [0.05, 0.1) is 0 Å². The van der Waals surface area contributed by atoms with Crippen molar-refractivity contribution >= 4 is 0 Å². The molecule has 15 heavy (non-hydrogen) atoms. The first-order chi connectivity index (χ1) is 7.31. The molecule has 0 spiro atoms. The Morgan fingerprint density at radius 3 is 2.53 bits per heavy atom. The highest BCUT2D eigenvalue weighted by Gasteiger charge is 2.32. The quantitative estimate of drug-likeness (QED) is 0.757. The van der Waals surface area contributed by atoms with E-state index in [1.54, 1.807) is 0 Å². The van der Waals surface area contributed by atoms with Gasteiger partial charge in [-0.15, -0.1) is 0 Å². The zero-order valence-electron chi connectivity index (χ0n) is 10.1. The van der Waals surface area contributed by atoms with E-state index in [9.17, 15) is 0 Å². The molecule has 0 radical (unpaired) electrons. The van der Waals surface area contributed by atoms with E-state index in [4.69, 9.17) is 5.73 Å². The van der Waals surface area contributed by atoms with Crippen LogP contribution in [0.15, 0.2) is 0 Å². The van der Waals surface area contributed by atoms with Crippen molar-refractivity contribution in [1.82, 2.24) is 4.90 Å². The zero-order valence-corrected chi connectivity index (χ0v) is 10.1. The summed E-state index contributed by atoms with van der Waals surface area (Å²) in [6, 6.07) is 0.805. The average Bonchev–Trinajstić information content (AvgIpc) is 2.30. The molecule has 0 aromatic carbocycles. The van der Waals surface area contributed by atoms with E-state index in [1.807, 2.05) is 0 Å². The summed E-state index contributed by atoms with van der Waals surface area (Å²) in [4.78, 5) is 2.73. The van der Waals surface area contributed by atoms with Gasteiger partial charge in [0.15, 0.2) is 0 Å². The second-order valence-corrected chi connectivity index (χ2v) is 5.58. The molecule has 3 atom stereocenters. The summed E-state index contributed by atoms with van der Waals surface area (Å²) < 4.78 is 0. The molecule has 0 amide bonds. The summed E-state index contributed by atoms with van der Waals surface area (Å²) in [6.07, 6.45) is 8.39. The first kappa shape index (κ1) is 11.4. The van der Waals surface area contributed by atoms with Gasteiger partial charge in [0, 0.05) is 6.04 Å². The number of rotatable bonds is 2. The van der Waals surface area contributed by atoms with Crippen LogP contribution in [0.25, 0.3) is 0 Å². The molecule has 0 bridgehead atoms. The van der Waals surface area contributed by atoms with Crippen LogP contribution < -0.4 is 5.73 Å². The van der Waals surface area contributed by atoms with Crippen molar-refractivity contribution < 1.29 is 0 Å². The molecule has 2 rings (SSSR count). The number of hydrogen-bond acceptors (Lipinski definition) is 2. The lowest BCUT2D eigenvalue weighted by Crippen LogP contribution is -2.48. The van der Waals surface area contributed by atoms with E-state index in [2.05, 4.69) is 11.8 Å². The summed E-state index contributed by atoms with van der Waals surface area (Å²) in [5, 5.41) is 0. The van der Waals surface area contributed by atoms with Crippen molar-refractivity contribution in [2.24, 2.45) is 17.6 Å². The van der Waals surface area contributed by atoms with Crippen LogP contribution in [-0.2, 0) is 0 Å². The highest BCUT2D eigenvalue weighted by Crippen LogP contribution is 2.32. The van der Waals surface area contributed by atoms with E-state index < -0.39 is 0 Å². The van der Waals surface area contributed by atoms with Crippen LogP contribution in [0.2, 0.25) is 0 Å². The SMILES string of the molecule is CC1CCC(CN)C(N2CCCCC2)C1. The van der Waals surface area contributed by atoms with E-state index in [0.29, 0.717) is 0 Å². The van der Waals surface area contributed by atoms with Crippen molar-refractivity contribution in [1.29, 1.82) is 0 Å². The summed E-state index contributed by atoms with van der Waals surface area (Å²) in [6.45, 7) is 5.96. The Kier molecular flexibility index (Phi) is 4.04. The fourth-order valence-electron chi connectivity index (χ4n) is 3.39. The van der Waals surface area contributed by atoms with Gasteiger partial charge in [-0.1, -0.05) is 19.8 Å². The Morgan fingerprint density at radius 1 is 1.13 bits per heavy atom. The molecule has 1 aliphatic heterocycles. The number of hydrogen-bond donors (Lipinski definition) is 1. The van der Waals surface area contributed by atoms with Gasteiger partial charge < -0.3 is 10.6 Å². The Bertz CT molecular complexity index is 187. The second-order valence-electron chi connectivity index (χ2n) is 5.58. The normalized spacial score (nSPS) is 39.2. The molecule has 1 aliphatic carbocycles. The molecule has 2 fully saturated rings. The molecule has 2 heteroatoms. The lowest BCUT2D eigenvalue weighted by molar-refractivity contribution is 0.0699. The van der Waals surface area contributed by atoms with Gasteiger partial charge in [-0.3, -0.25) is 0 Å². The van der Waals surface area contributed by atoms with Gasteiger partial charge in [0.25, 0.3) is 0 Å². The minimum atomic E-state index is 0.777. The molecule has 1 saturated heterocycles. The van der Waals surface area contributed by atoms with Crippen molar-refractivity contribution in [3.63, 3.8) is 0 Å². The molecule has 1 heterocycles. The maximum absolute atomic E-state index is 5.92. The highest BCUT2D eigenvalue weighted by atomic mass is 15.2. The third-order valence-corrected chi connectivity index (χ3v) is 4.38. The molecular formula is C13H26N2. The molecule has 2 aliphatic rings. The number of nitrogens with two attached hydrogens (primary N) is 1. The van der Waals surface area contributed by atoms with E-state index >= 15 is 0 Å². The van der Waals surface area contributed by atoms with Gasteiger partial charge in [-0.2, -0.15) is 0 Å². The van der Waals surface area contributed by atoms with E-state index in [1.165, 1.54) is 51.6 Å². The first-order valence-electron chi connectivity index (χ1n) is 6.75. The Balaban J connectivity index is 1.95. The third-order valence-electron chi connectivity index (χ3n) is 4.38. The van der Waals surface area contributed by atoms with Gasteiger partial charge in [0.1, 0.15) is 0 Å². The molecule has 3 unspecified atom stereocenters. The van der Waals surface area contributed by atoms with Gasteiger partial charge in [-0.25, -0.2) is 0 Å². The summed E-state index contributed by atoms with van der Waals surface area (Å²) >= 11 is 0. The maximum atomic E-state index is 5.92. The summed E-state index contributed by atoms with van der Waals surface area (Å²) in [5.74, 6) is 1.69. The maximum Gasteiger partial charge on any atom is 0.0138 e. The topological polar surface area (TPSA) is 29.3 Å². The fraction of sp³-hybridized carbons (Fsp3) is 1.00. The molecule has 2 nitrogen and oxygen atoms in total. The Hall–Kier alpha value is -0.0800. The third kappa shape index (κ3) is 2.73. The molecule has 88 valence electrons. The van der Waals surface area contributed by atoms with Crippen LogP contribution in [0.5, 0.6) is 0 Å². The van der Waals surface area contributed by atoms with Crippen LogP contribution in [0, 0.1) is 11.8 Å². The summed E-state index contributed by atoms with van der Waals surface area (Å²) in [7, 11) is 0. The van der Waals surface area contributed by atoms with Crippen molar-refractivity contribution in [3.8, 4) is 0 Å². The number of piperidine rings is 1.